The lowest BCUT2D eigenvalue weighted by Gasteiger charge is -2.24. The van der Waals surface area contributed by atoms with Gasteiger partial charge in [0.1, 0.15) is 16.6 Å². The fourth-order valence-corrected chi connectivity index (χ4v) is 4.60. The molecule has 0 aromatic carbocycles. The molecule has 7 nitrogen and oxygen atoms in total. The summed E-state index contributed by atoms with van der Waals surface area (Å²) < 4.78 is 5.48. The number of Topliss-reactive ketones (excluding diaryl/α,β-unsaturated/α-hetero) is 1. The van der Waals surface area contributed by atoms with E-state index in [2.05, 4.69) is 30.4 Å². The second-order valence-electron chi connectivity index (χ2n) is 10.4. The van der Waals surface area contributed by atoms with Crippen LogP contribution in [-0.4, -0.2) is 58.4 Å². The molecule has 0 bridgehead atoms. The number of amides is 1. The molecular weight excluding hydrogens is 476 g/mol. The number of hydrogen-bond acceptors (Lipinski definition) is 6. The normalized spacial score (nSPS) is 22.1. The molecule has 1 N–H and O–H groups in total. The first-order valence-corrected chi connectivity index (χ1v) is 12.8. The minimum absolute atomic E-state index is 0.0140. The van der Waals surface area contributed by atoms with Crippen LogP contribution in [0, 0.1) is 5.92 Å². The van der Waals surface area contributed by atoms with Crippen molar-refractivity contribution in [3.05, 3.63) is 65.5 Å². The third-order valence-electron chi connectivity index (χ3n) is 6.39. The largest absolute Gasteiger partial charge is 0.444 e. The first kappa shape index (κ1) is 27.7. The Morgan fingerprint density at radius 3 is 2.78 bits per heavy atom. The van der Waals surface area contributed by atoms with Crippen molar-refractivity contribution in [1.82, 2.24) is 15.2 Å². The van der Waals surface area contributed by atoms with Gasteiger partial charge in [-0.05, 0) is 70.7 Å². The summed E-state index contributed by atoms with van der Waals surface area (Å²) in [5.41, 5.74) is 1.78. The number of ketones is 1. The summed E-state index contributed by atoms with van der Waals surface area (Å²) in [6.45, 7) is 16.7. The molecule has 1 fully saturated rings. The van der Waals surface area contributed by atoms with Crippen molar-refractivity contribution in [1.29, 1.82) is 0 Å². The lowest BCUT2D eigenvalue weighted by molar-refractivity contribution is -0.115. The molecule has 3 atom stereocenters. The maximum absolute atomic E-state index is 12.8. The number of likely N-dealkylation sites (tertiary alicyclic amines) is 1. The highest BCUT2D eigenvalue weighted by Gasteiger charge is 2.31. The molecule has 1 aromatic heterocycles. The molecule has 1 aromatic rings. The van der Waals surface area contributed by atoms with E-state index in [1.165, 1.54) is 0 Å². The van der Waals surface area contributed by atoms with Crippen LogP contribution in [0.2, 0.25) is 5.15 Å². The molecule has 0 aliphatic carbocycles. The highest BCUT2D eigenvalue weighted by Crippen LogP contribution is 2.27. The summed E-state index contributed by atoms with van der Waals surface area (Å²) in [4.78, 5) is 35.7. The van der Waals surface area contributed by atoms with Crippen LogP contribution >= 0.6 is 11.6 Å². The monoisotopic (exact) mass is 512 g/mol. The van der Waals surface area contributed by atoms with Gasteiger partial charge in [-0.1, -0.05) is 30.8 Å². The van der Waals surface area contributed by atoms with E-state index in [0.29, 0.717) is 30.2 Å². The molecule has 1 saturated heterocycles. The Morgan fingerprint density at radius 2 is 2.11 bits per heavy atom. The van der Waals surface area contributed by atoms with E-state index in [9.17, 15) is 9.59 Å². The standard InChI is InChI=1S/C28H37ClN4O3/c1-7-20(22-12-14-33(17-22)27(35)36-28(4,5)6)15-18(2)24(34)10-8-9-23-19(3)31-26(32-23)21-11-13-30-25(29)16-21/h7,11,13,15-16,19,22-23H,1-2,8-10,12,14,17H2,3-6H3,(H,31,32). The van der Waals surface area contributed by atoms with E-state index in [0.717, 1.165) is 36.2 Å². The number of carbonyl (C=O) groups excluding carboxylic acids is 2. The molecule has 8 heteroatoms. The van der Waals surface area contributed by atoms with Crippen LogP contribution in [0.25, 0.3) is 0 Å². The van der Waals surface area contributed by atoms with Gasteiger partial charge in [0.15, 0.2) is 5.78 Å². The van der Waals surface area contributed by atoms with Crippen LogP contribution in [0.1, 0.15) is 58.9 Å². The van der Waals surface area contributed by atoms with Crippen LogP contribution in [0.3, 0.4) is 0 Å². The predicted octanol–water partition coefficient (Wildman–Crippen LogP) is 5.51. The van der Waals surface area contributed by atoms with Gasteiger partial charge in [-0.2, -0.15) is 0 Å². The molecule has 3 rings (SSSR count). The average molecular weight is 513 g/mol. The van der Waals surface area contributed by atoms with Gasteiger partial charge in [0.05, 0.1) is 6.04 Å². The molecule has 1 amide bonds. The lowest BCUT2D eigenvalue weighted by Crippen LogP contribution is -2.35. The minimum Gasteiger partial charge on any atom is -0.444 e. The zero-order valence-electron chi connectivity index (χ0n) is 21.7. The van der Waals surface area contributed by atoms with Gasteiger partial charge in [0.2, 0.25) is 0 Å². The van der Waals surface area contributed by atoms with Gasteiger partial charge in [-0.15, -0.1) is 0 Å². The van der Waals surface area contributed by atoms with Gasteiger partial charge in [0.25, 0.3) is 0 Å². The number of aliphatic imine (C=N–C) groups is 1. The van der Waals surface area contributed by atoms with Crippen LogP contribution in [0.5, 0.6) is 0 Å². The van der Waals surface area contributed by atoms with Gasteiger partial charge in [0, 0.05) is 48.8 Å². The zero-order chi connectivity index (χ0) is 26.5. The first-order chi connectivity index (χ1) is 17.0. The van der Waals surface area contributed by atoms with Crippen molar-refractivity contribution in [3.63, 3.8) is 0 Å². The van der Waals surface area contributed by atoms with E-state index in [1.807, 2.05) is 32.9 Å². The molecule has 2 aliphatic rings. The molecule has 0 spiro atoms. The van der Waals surface area contributed by atoms with Gasteiger partial charge < -0.3 is 15.0 Å². The number of allylic oxidation sites excluding steroid dienone is 3. The number of ether oxygens (including phenoxy) is 1. The lowest BCUT2D eigenvalue weighted by atomic mass is 9.94. The van der Waals surface area contributed by atoms with E-state index < -0.39 is 5.60 Å². The van der Waals surface area contributed by atoms with Crippen LogP contribution in [0.15, 0.2) is 59.8 Å². The Morgan fingerprint density at radius 1 is 1.36 bits per heavy atom. The van der Waals surface area contributed by atoms with Crippen LogP contribution < -0.4 is 5.32 Å². The molecule has 3 heterocycles. The zero-order valence-corrected chi connectivity index (χ0v) is 22.5. The van der Waals surface area contributed by atoms with E-state index in [1.54, 1.807) is 23.2 Å². The maximum Gasteiger partial charge on any atom is 0.410 e. The number of nitrogens with one attached hydrogen (secondary N) is 1. The number of nitrogens with zero attached hydrogens (tertiary/aromatic N) is 3. The van der Waals surface area contributed by atoms with Crippen molar-refractivity contribution in [2.24, 2.45) is 10.9 Å². The van der Waals surface area contributed by atoms with Crippen molar-refractivity contribution >= 4 is 29.3 Å². The Hall–Kier alpha value is -2.93. The Balaban J connectivity index is 1.50. The first-order valence-electron chi connectivity index (χ1n) is 12.5. The summed E-state index contributed by atoms with van der Waals surface area (Å²) >= 11 is 6.00. The minimum atomic E-state index is -0.529. The van der Waals surface area contributed by atoms with Crippen LogP contribution in [0.4, 0.5) is 4.79 Å². The number of carbonyl (C=O) groups is 2. The fraction of sp³-hybridized carbons (Fsp3) is 0.500. The fourth-order valence-electron chi connectivity index (χ4n) is 4.43. The number of aromatic nitrogens is 1. The molecule has 0 radical (unpaired) electrons. The van der Waals surface area contributed by atoms with Crippen molar-refractivity contribution in [3.8, 4) is 0 Å². The SMILES string of the molecule is C=CC(=CC(=C)C(=O)CCCC1N=C(c2ccnc(Cl)c2)NC1C)C1CCN(C(=O)OC(C)(C)C)C1. The molecule has 2 aliphatic heterocycles. The smallest absolute Gasteiger partial charge is 0.410 e. The average Bonchev–Trinajstić information content (AvgIpc) is 3.43. The van der Waals surface area contributed by atoms with E-state index in [4.69, 9.17) is 21.3 Å². The number of pyridine rings is 1. The third kappa shape index (κ3) is 7.53. The quantitative estimate of drug-likeness (QED) is 0.268. The highest BCUT2D eigenvalue weighted by molar-refractivity contribution is 6.29. The van der Waals surface area contributed by atoms with Crippen molar-refractivity contribution < 1.29 is 14.3 Å². The number of halogens is 1. The summed E-state index contributed by atoms with van der Waals surface area (Å²) in [5, 5.41) is 3.83. The molecule has 0 saturated carbocycles. The topological polar surface area (TPSA) is 83.9 Å². The maximum atomic E-state index is 12.8. The Kier molecular flexibility index (Phi) is 9.12. The Labute approximate surface area is 219 Å². The van der Waals surface area contributed by atoms with Crippen molar-refractivity contribution in [2.45, 2.75) is 71.1 Å². The van der Waals surface area contributed by atoms with Crippen molar-refractivity contribution in [2.75, 3.05) is 13.1 Å². The van der Waals surface area contributed by atoms with Gasteiger partial charge >= 0.3 is 6.09 Å². The van der Waals surface area contributed by atoms with Gasteiger partial charge in [-0.25, -0.2) is 9.78 Å². The summed E-state index contributed by atoms with van der Waals surface area (Å²) in [6.07, 6.45) is 7.65. The van der Waals surface area contributed by atoms with Gasteiger partial charge in [-0.3, -0.25) is 9.79 Å². The summed E-state index contributed by atoms with van der Waals surface area (Å²) in [6, 6.07) is 3.93. The summed E-state index contributed by atoms with van der Waals surface area (Å²) in [7, 11) is 0. The second kappa shape index (κ2) is 11.9. The molecular formula is C28H37ClN4O3. The molecule has 194 valence electrons. The van der Waals surface area contributed by atoms with E-state index >= 15 is 0 Å². The predicted molar refractivity (Wildman–Crippen MR) is 144 cm³/mol. The number of rotatable bonds is 9. The number of amidine groups is 1. The second-order valence-corrected chi connectivity index (χ2v) is 10.8. The molecule has 36 heavy (non-hydrogen) atoms. The third-order valence-corrected chi connectivity index (χ3v) is 6.59. The van der Waals surface area contributed by atoms with E-state index in [-0.39, 0.29) is 29.9 Å². The number of hydrogen-bond donors (Lipinski definition) is 1. The summed E-state index contributed by atoms with van der Waals surface area (Å²) in [5.74, 6) is 0.933. The highest BCUT2D eigenvalue weighted by atomic mass is 35.5. The Bertz CT molecular complexity index is 1070. The molecule has 3 unspecified atom stereocenters. The van der Waals surface area contributed by atoms with Crippen LogP contribution in [-0.2, 0) is 9.53 Å².